The SMILES string of the molecule is CCCc1nc(NN)c(C)c(NC2CCOC2C)n1. The van der Waals surface area contributed by atoms with Gasteiger partial charge in [0.25, 0.3) is 0 Å². The molecule has 2 rings (SSSR count). The van der Waals surface area contributed by atoms with Gasteiger partial charge < -0.3 is 15.5 Å². The first-order valence-corrected chi connectivity index (χ1v) is 6.88. The summed E-state index contributed by atoms with van der Waals surface area (Å²) in [6, 6.07) is 0.300. The van der Waals surface area contributed by atoms with Crippen LogP contribution in [-0.4, -0.2) is 28.7 Å². The quantitative estimate of drug-likeness (QED) is 0.554. The molecule has 6 heteroatoms. The van der Waals surface area contributed by atoms with Gasteiger partial charge in [0.15, 0.2) is 0 Å². The van der Waals surface area contributed by atoms with Crippen LogP contribution in [-0.2, 0) is 11.2 Å². The molecule has 0 saturated carbocycles. The molecule has 0 aliphatic carbocycles. The van der Waals surface area contributed by atoms with Crippen molar-refractivity contribution < 1.29 is 4.74 Å². The normalized spacial score (nSPS) is 22.5. The number of nitrogens with one attached hydrogen (secondary N) is 2. The van der Waals surface area contributed by atoms with E-state index in [0.717, 1.165) is 43.1 Å². The van der Waals surface area contributed by atoms with E-state index in [1.54, 1.807) is 0 Å². The van der Waals surface area contributed by atoms with Gasteiger partial charge in [-0.3, -0.25) is 0 Å². The van der Waals surface area contributed by atoms with E-state index in [9.17, 15) is 0 Å². The van der Waals surface area contributed by atoms with Crippen molar-refractivity contribution in [2.75, 3.05) is 17.3 Å². The Bertz CT molecular complexity index is 437. The van der Waals surface area contributed by atoms with Crippen molar-refractivity contribution in [3.05, 3.63) is 11.4 Å². The Morgan fingerprint density at radius 2 is 2.11 bits per heavy atom. The number of aromatic nitrogens is 2. The molecule has 1 aromatic rings. The highest BCUT2D eigenvalue weighted by atomic mass is 16.5. The van der Waals surface area contributed by atoms with Crippen molar-refractivity contribution in [1.82, 2.24) is 9.97 Å². The zero-order chi connectivity index (χ0) is 13.8. The minimum absolute atomic E-state index is 0.207. The number of hydrogen-bond donors (Lipinski definition) is 3. The molecule has 6 nitrogen and oxygen atoms in total. The van der Waals surface area contributed by atoms with Crippen molar-refractivity contribution in [2.45, 2.75) is 52.2 Å². The highest BCUT2D eigenvalue weighted by molar-refractivity contribution is 5.57. The van der Waals surface area contributed by atoms with Gasteiger partial charge in [-0.1, -0.05) is 6.92 Å². The van der Waals surface area contributed by atoms with Crippen LogP contribution in [0.15, 0.2) is 0 Å². The summed E-state index contributed by atoms with van der Waals surface area (Å²) in [6.45, 7) is 6.95. The second-order valence-corrected chi connectivity index (χ2v) is 4.97. The summed E-state index contributed by atoms with van der Waals surface area (Å²) in [5, 5.41) is 3.46. The predicted octanol–water partition coefficient (Wildman–Crippen LogP) is 1.61. The summed E-state index contributed by atoms with van der Waals surface area (Å²) in [4.78, 5) is 9.01. The number of nitrogens with two attached hydrogens (primary N) is 1. The third-order valence-electron chi connectivity index (χ3n) is 3.50. The van der Waals surface area contributed by atoms with Gasteiger partial charge in [0.05, 0.1) is 12.1 Å². The molecule has 1 aliphatic rings. The minimum Gasteiger partial charge on any atom is -0.376 e. The molecule has 0 spiro atoms. The Hall–Kier alpha value is -1.40. The van der Waals surface area contributed by atoms with E-state index in [1.807, 2.05) is 6.92 Å². The molecule has 0 radical (unpaired) electrons. The molecule has 2 atom stereocenters. The largest absolute Gasteiger partial charge is 0.376 e. The number of hydrogen-bond acceptors (Lipinski definition) is 6. The fourth-order valence-corrected chi connectivity index (χ4v) is 2.28. The number of hydrazine groups is 1. The lowest BCUT2D eigenvalue weighted by Crippen LogP contribution is -2.28. The summed E-state index contributed by atoms with van der Waals surface area (Å²) in [5.41, 5.74) is 3.59. The van der Waals surface area contributed by atoms with Gasteiger partial charge >= 0.3 is 0 Å². The van der Waals surface area contributed by atoms with Gasteiger partial charge in [0, 0.05) is 18.6 Å². The third-order valence-corrected chi connectivity index (χ3v) is 3.50. The Morgan fingerprint density at radius 3 is 2.68 bits per heavy atom. The van der Waals surface area contributed by atoms with Crippen LogP contribution in [0.1, 0.15) is 38.1 Å². The number of aryl methyl sites for hydroxylation is 1. The molecule has 0 amide bonds. The van der Waals surface area contributed by atoms with Crippen LogP contribution in [0.3, 0.4) is 0 Å². The molecule has 2 heterocycles. The molecule has 0 aromatic carbocycles. The lowest BCUT2D eigenvalue weighted by molar-refractivity contribution is 0.121. The number of nitrogen functional groups attached to an aromatic ring is 1. The van der Waals surface area contributed by atoms with Gasteiger partial charge in [-0.25, -0.2) is 15.8 Å². The predicted molar refractivity (Wildman–Crippen MR) is 76.0 cm³/mol. The van der Waals surface area contributed by atoms with Gasteiger partial charge in [-0.2, -0.15) is 0 Å². The van der Waals surface area contributed by atoms with Gasteiger partial charge in [0.2, 0.25) is 0 Å². The summed E-state index contributed by atoms with van der Waals surface area (Å²) in [7, 11) is 0. The van der Waals surface area contributed by atoms with Crippen LogP contribution in [0.25, 0.3) is 0 Å². The highest BCUT2D eigenvalue weighted by Gasteiger charge is 2.25. The monoisotopic (exact) mass is 265 g/mol. The molecule has 2 unspecified atom stereocenters. The van der Waals surface area contributed by atoms with Crippen LogP contribution in [0.4, 0.5) is 11.6 Å². The van der Waals surface area contributed by atoms with Crippen LogP contribution in [0.2, 0.25) is 0 Å². The fraction of sp³-hybridized carbons (Fsp3) is 0.692. The lowest BCUT2D eigenvalue weighted by atomic mass is 10.1. The molecule has 1 saturated heterocycles. The van der Waals surface area contributed by atoms with E-state index < -0.39 is 0 Å². The first-order chi connectivity index (χ1) is 9.15. The van der Waals surface area contributed by atoms with E-state index in [0.29, 0.717) is 11.9 Å². The maximum atomic E-state index is 5.57. The zero-order valence-corrected chi connectivity index (χ0v) is 11.9. The van der Waals surface area contributed by atoms with Crippen LogP contribution < -0.4 is 16.6 Å². The molecule has 1 aromatic heterocycles. The van der Waals surface area contributed by atoms with Gasteiger partial charge in [0.1, 0.15) is 17.5 Å². The first-order valence-electron chi connectivity index (χ1n) is 6.88. The summed E-state index contributed by atoms with van der Waals surface area (Å²) >= 11 is 0. The molecule has 0 bridgehead atoms. The fourth-order valence-electron chi connectivity index (χ4n) is 2.28. The Balaban J connectivity index is 2.24. The van der Waals surface area contributed by atoms with E-state index >= 15 is 0 Å². The van der Waals surface area contributed by atoms with E-state index in [2.05, 4.69) is 34.6 Å². The van der Waals surface area contributed by atoms with Gasteiger partial charge in [-0.15, -0.1) is 0 Å². The molecule has 4 N–H and O–H groups in total. The lowest BCUT2D eigenvalue weighted by Gasteiger charge is -2.19. The maximum Gasteiger partial charge on any atom is 0.148 e. The van der Waals surface area contributed by atoms with Crippen molar-refractivity contribution in [3.63, 3.8) is 0 Å². The first kappa shape index (κ1) is 14.0. The summed E-state index contributed by atoms with van der Waals surface area (Å²) < 4.78 is 5.57. The summed E-state index contributed by atoms with van der Waals surface area (Å²) in [5.74, 6) is 7.89. The Labute approximate surface area is 114 Å². The number of rotatable bonds is 5. The van der Waals surface area contributed by atoms with E-state index in [-0.39, 0.29) is 6.10 Å². The topological polar surface area (TPSA) is 85.1 Å². The number of anilines is 2. The minimum atomic E-state index is 0.207. The van der Waals surface area contributed by atoms with Crippen molar-refractivity contribution >= 4 is 11.6 Å². The van der Waals surface area contributed by atoms with E-state index in [4.69, 9.17) is 10.6 Å². The standard InChI is InChI=1S/C13H23N5O/c1-4-5-11-16-12(8(2)13(17-11)18-14)15-10-6-7-19-9(10)3/h9-10H,4-7,14H2,1-3H3,(H2,15,16,17,18). The smallest absolute Gasteiger partial charge is 0.148 e. The van der Waals surface area contributed by atoms with Crippen molar-refractivity contribution in [2.24, 2.45) is 5.84 Å². The van der Waals surface area contributed by atoms with E-state index in [1.165, 1.54) is 0 Å². The van der Waals surface area contributed by atoms with Crippen LogP contribution in [0.5, 0.6) is 0 Å². The number of nitrogens with zero attached hydrogens (tertiary/aromatic N) is 2. The molecular formula is C13H23N5O. The molecule has 106 valence electrons. The number of ether oxygens (including phenoxy) is 1. The Kier molecular flexibility index (Phi) is 4.55. The molecular weight excluding hydrogens is 242 g/mol. The molecule has 1 fully saturated rings. The maximum absolute atomic E-state index is 5.57. The Morgan fingerprint density at radius 1 is 1.37 bits per heavy atom. The second kappa shape index (κ2) is 6.16. The highest BCUT2D eigenvalue weighted by Crippen LogP contribution is 2.24. The van der Waals surface area contributed by atoms with Crippen LogP contribution in [0, 0.1) is 6.92 Å². The zero-order valence-electron chi connectivity index (χ0n) is 11.9. The third kappa shape index (κ3) is 3.13. The van der Waals surface area contributed by atoms with Gasteiger partial charge in [-0.05, 0) is 26.7 Å². The van der Waals surface area contributed by atoms with Crippen molar-refractivity contribution in [3.8, 4) is 0 Å². The molecule has 1 aliphatic heterocycles. The second-order valence-electron chi connectivity index (χ2n) is 4.97. The van der Waals surface area contributed by atoms with Crippen molar-refractivity contribution in [1.29, 1.82) is 0 Å². The van der Waals surface area contributed by atoms with Crippen LogP contribution >= 0.6 is 0 Å². The average molecular weight is 265 g/mol. The average Bonchev–Trinajstić information content (AvgIpc) is 2.79. The molecule has 19 heavy (non-hydrogen) atoms. The summed E-state index contributed by atoms with van der Waals surface area (Å²) in [6.07, 6.45) is 3.06.